The number of rotatable bonds is 8. The van der Waals surface area contributed by atoms with Crippen LogP contribution in [0.25, 0.3) is 10.9 Å². The maximum absolute atomic E-state index is 13.1. The summed E-state index contributed by atoms with van der Waals surface area (Å²) in [5, 5.41) is 0.706. The van der Waals surface area contributed by atoms with Gasteiger partial charge in [0.2, 0.25) is 0 Å². The Balaban J connectivity index is 1.84. The normalized spacial score (nSPS) is 12.3. The highest BCUT2D eigenvalue weighted by Crippen LogP contribution is 2.19. The van der Waals surface area contributed by atoms with Gasteiger partial charge in [-0.1, -0.05) is 43.7 Å². The predicted molar refractivity (Wildman–Crippen MR) is 110 cm³/mol. The van der Waals surface area contributed by atoms with Crippen LogP contribution in [0.15, 0.2) is 53.3 Å². The molecule has 27 heavy (non-hydrogen) atoms. The molecule has 3 aromatic rings. The van der Waals surface area contributed by atoms with Crippen molar-refractivity contribution in [1.82, 2.24) is 4.98 Å². The van der Waals surface area contributed by atoms with E-state index < -0.39 is 0 Å². The summed E-state index contributed by atoms with van der Waals surface area (Å²) in [4.78, 5) is 17.8. The first-order chi connectivity index (χ1) is 13.1. The minimum atomic E-state index is 0.106. The van der Waals surface area contributed by atoms with Crippen LogP contribution in [0, 0.1) is 6.92 Å². The maximum atomic E-state index is 13.1. The maximum Gasteiger partial charge on any atom is 0.198 e. The Morgan fingerprint density at radius 1 is 1.07 bits per heavy atom. The second-order valence-electron chi connectivity index (χ2n) is 7.26. The van der Waals surface area contributed by atoms with Crippen molar-refractivity contribution >= 4 is 10.9 Å². The summed E-state index contributed by atoms with van der Waals surface area (Å²) in [6.07, 6.45) is 2.11. The molecule has 0 saturated heterocycles. The van der Waals surface area contributed by atoms with Crippen LogP contribution in [0.3, 0.4) is 0 Å². The van der Waals surface area contributed by atoms with Gasteiger partial charge in [-0.2, -0.15) is 0 Å². The minimum absolute atomic E-state index is 0.106. The van der Waals surface area contributed by atoms with E-state index in [1.54, 1.807) is 0 Å². The van der Waals surface area contributed by atoms with Crippen molar-refractivity contribution < 1.29 is 9.64 Å². The summed E-state index contributed by atoms with van der Waals surface area (Å²) in [7, 11) is 2.13. The van der Waals surface area contributed by atoms with Gasteiger partial charge in [-0.05, 0) is 31.5 Å². The molecule has 0 radical (unpaired) electrons. The van der Waals surface area contributed by atoms with Gasteiger partial charge in [-0.3, -0.25) is 4.79 Å². The highest BCUT2D eigenvalue weighted by atomic mass is 16.5. The van der Waals surface area contributed by atoms with E-state index in [0.717, 1.165) is 41.9 Å². The zero-order chi connectivity index (χ0) is 19.2. The van der Waals surface area contributed by atoms with Gasteiger partial charge in [0.15, 0.2) is 5.43 Å². The third-order valence-corrected chi connectivity index (χ3v) is 4.88. The number of fused-ring (bicyclic) bond motifs is 1. The zero-order valence-corrected chi connectivity index (χ0v) is 16.5. The number of aromatic amines is 1. The van der Waals surface area contributed by atoms with Crippen LogP contribution in [0.4, 0.5) is 0 Å². The van der Waals surface area contributed by atoms with Crippen molar-refractivity contribution in [2.45, 2.75) is 39.8 Å². The minimum Gasteiger partial charge on any atom is -0.494 e. The monoisotopic (exact) mass is 365 g/mol. The van der Waals surface area contributed by atoms with E-state index in [9.17, 15) is 4.79 Å². The first kappa shape index (κ1) is 19.2. The zero-order valence-electron chi connectivity index (χ0n) is 16.5. The number of H-pyrrole nitrogens is 1. The van der Waals surface area contributed by atoms with Crippen molar-refractivity contribution in [2.24, 2.45) is 0 Å². The molecule has 0 fully saturated rings. The first-order valence-corrected chi connectivity index (χ1v) is 9.72. The van der Waals surface area contributed by atoms with Crippen molar-refractivity contribution in [1.29, 1.82) is 0 Å². The van der Waals surface area contributed by atoms with Crippen LogP contribution < -0.4 is 15.1 Å². The Bertz CT molecular complexity index is 948. The molecule has 0 aliphatic rings. The molecule has 0 saturated carbocycles. The lowest BCUT2D eigenvalue weighted by Crippen LogP contribution is -3.06. The molecule has 2 aromatic carbocycles. The van der Waals surface area contributed by atoms with Gasteiger partial charge in [0.05, 0.1) is 19.2 Å². The highest BCUT2D eigenvalue weighted by Gasteiger charge is 2.15. The number of hydrogen-bond acceptors (Lipinski definition) is 2. The number of quaternary nitrogens is 1. The fourth-order valence-corrected chi connectivity index (χ4v) is 3.38. The van der Waals surface area contributed by atoms with E-state index in [-0.39, 0.29) is 5.43 Å². The second kappa shape index (κ2) is 8.87. The summed E-state index contributed by atoms with van der Waals surface area (Å²) < 4.78 is 5.78. The highest BCUT2D eigenvalue weighted by molar-refractivity contribution is 5.81. The molecule has 1 atom stereocenters. The number of unbranched alkanes of at least 4 members (excludes halogenated alkanes) is 1. The number of ether oxygens (including phenoxy) is 1. The lowest BCUT2D eigenvalue weighted by molar-refractivity contribution is -0.907. The lowest BCUT2D eigenvalue weighted by atomic mass is 10.1. The summed E-state index contributed by atoms with van der Waals surface area (Å²) in [5.74, 6) is 0.765. The van der Waals surface area contributed by atoms with Crippen molar-refractivity contribution in [3.8, 4) is 5.75 Å². The van der Waals surface area contributed by atoms with Crippen molar-refractivity contribution in [3.05, 3.63) is 75.6 Å². The number of nitrogens with one attached hydrogen (secondary N) is 2. The van der Waals surface area contributed by atoms with Crippen LogP contribution in [-0.2, 0) is 13.1 Å². The number of aromatic nitrogens is 1. The molecule has 0 bridgehead atoms. The summed E-state index contributed by atoms with van der Waals surface area (Å²) in [6.45, 7) is 6.38. The van der Waals surface area contributed by atoms with E-state index in [2.05, 4.69) is 43.2 Å². The Labute approximate surface area is 160 Å². The Hall–Kier alpha value is -2.59. The van der Waals surface area contributed by atoms with Crippen LogP contribution in [0.2, 0.25) is 0 Å². The molecular formula is C23H29N2O2+. The molecule has 4 nitrogen and oxygen atoms in total. The average molecular weight is 365 g/mol. The van der Waals surface area contributed by atoms with Gasteiger partial charge in [-0.25, -0.2) is 0 Å². The van der Waals surface area contributed by atoms with Crippen LogP contribution >= 0.6 is 0 Å². The van der Waals surface area contributed by atoms with Gasteiger partial charge in [-0.15, -0.1) is 0 Å². The molecule has 1 aromatic heterocycles. The molecule has 0 aliphatic heterocycles. The van der Waals surface area contributed by atoms with E-state index in [0.29, 0.717) is 18.5 Å². The molecule has 3 rings (SSSR count). The third kappa shape index (κ3) is 4.77. The summed E-state index contributed by atoms with van der Waals surface area (Å²) >= 11 is 0. The number of benzene rings is 2. The number of hydrogen-bond donors (Lipinski definition) is 2. The van der Waals surface area contributed by atoms with Gasteiger partial charge in [0, 0.05) is 22.2 Å². The van der Waals surface area contributed by atoms with Gasteiger partial charge in [0.25, 0.3) is 0 Å². The quantitative estimate of drug-likeness (QED) is 0.602. The van der Waals surface area contributed by atoms with Crippen LogP contribution in [0.1, 0.15) is 36.6 Å². The molecule has 1 heterocycles. The standard InChI is InChI=1S/C23H28N2O2/c1-4-5-13-27-19-11-12-22-20(14-19)23(26)21(17(2)24-22)16-25(3)15-18-9-7-6-8-10-18/h6-12,14H,4-5,13,15-16H2,1-3H3,(H,24,26)/p+1. The molecule has 0 amide bonds. The van der Waals surface area contributed by atoms with E-state index in [1.807, 2.05) is 31.2 Å². The van der Waals surface area contributed by atoms with E-state index in [1.165, 1.54) is 10.5 Å². The predicted octanol–water partition coefficient (Wildman–Crippen LogP) is 3.23. The van der Waals surface area contributed by atoms with E-state index in [4.69, 9.17) is 4.74 Å². The topological polar surface area (TPSA) is 46.5 Å². The average Bonchev–Trinajstić information content (AvgIpc) is 2.66. The number of pyridine rings is 1. The molecule has 142 valence electrons. The Kier molecular flexibility index (Phi) is 6.30. The lowest BCUT2D eigenvalue weighted by Gasteiger charge is -2.16. The third-order valence-electron chi connectivity index (χ3n) is 4.88. The fourth-order valence-electron chi connectivity index (χ4n) is 3.38. The molecule has 0 spiro atoms. The van der Waals surface area contributed by atoms with Crippen LogP contribution in [-0.4, -0.2) is 18.6 Å². The SMILES string of the molecule is CCCCOc1ccc2[nH]c(C)c(C[NH+](C)Cc3ccccc3)c(=O)c2c1. The molecule has 1 unspecified atom stereocenters. The van der Waals surface area contributed by atoms with Crippen molar-refractivity contribution in [3.63, 3.8) is 0 Å². The summed E-state index contributed by atoms with van der Waals surface area (Å²) in [6, 6.07) is 16.1. The van der Waals surface area contributed by atoms with Gasteiger partial charge in [0.1, 0.15) is 18.8 Å². The van der Waals surface area contributed by atoms with Crippen molar-refractivity contribution in [2.75, 3.05) is 13.7 Å². The number of aryl methyl sites for hydroxylation is 1. The van der Waals surface area contributed by atoms with Gasteiger partial charge < -0.3 is 14.6 Å². The molecule has 2 N–H and O–H groups in total. The Morgan fingerprint density at radius 2 is 1.85 bits per heavy atom. The summed E-state index contributed by atoms with van der Waals surface area (Å²) in [5.41, 5.74) is 4.04. The van der Waals surface area contributed by atoms with E-state index >= 15 is 0 Å². The smallest absolute Gasteiger partial charge is 0.198 e. The molecule has 0 aliphatic carbocycles. The largest absolute Gasteiger partial charge is 0.494 e. The fraction of sp³-hybridized carbons (Fsp3) is 0.348. The molecular weight excluding hydrogens is 336 g/mol. The first-order valence-electron chi connectivity index (χ1n) is 9.72. The van der Waals surface area contributed by atoms with Gasteiger partial charge >= 0.3 is 0 Å². The van der Waals surface area contributed by atoms with Crippen LogP contribution in [0.5, 0.6) is 5.75 Å². The second-order valence-corrected chi connectivity index (χ2v) is 7.26. The molecule has 4 heteroatoms. The Morgan fingerprint density at radius 3 is 2.59 bits per heavy atom.